The molecule has 1 aromatic rings. The van der Waals surface area contributed by atoms with Gasteiger partial charge in [0, 0.05) is 37.9 Å². The van der Waals surface area contributed by atoms with Gasteiger partial charge in [0.15, 0.2) is 0 Å². The second kappa shape index (κ2) is 7.92. The van der Waals surface area contributed by atoms with Crippen molar-refractivity contribution in [1.82, 2.24) is 5.32 Å². The van der Waals surface area contributed by atoms with Crippen LogP contribution >= 0.6 is 0 Å². The smallest absolute Gasteiger partial charge is 0.270 e. The van der Waals surface area contributed by atoms with Crippen molar-refractivity contribution < 1.29 is 14.8 Å². The Balaban J connectivity index is 2.30. The van der Waals surface area contributed by atoms with Gasteiger partial charge in [0.1, 0.15) is 0 Å². The summed E-state index contributed by atoms with van der Waals surface area (Å²) in [4.78, 5) is 25.2. The summed E-state index contributed by atoms with van der Waals surface area (Å²) in [5.74, 6) is -0.338. The Morgan fingerprint density at radius 3 is 2.70 bits per heavy atom. The molecule has 23 heavy (non-hydrogen) atoms. The highest BCUT2D eigenvalue weighted by Gasteiger charge is 2.22. The molecule has 0 radical (unpaired) electrons. The summed E-state index contributed by atoms with van der Waals surface area (Å²) in [6.45, 7) is 3.48. The molecule has 7 nitrogen and oxygen atoms in total. The van der Waals surface area contributed by atoms with E-state index < -0.39 is 4.92 Å². The number of aliphatic hydroxyl groups is 1. The zero-order chi connectivity index (χ0) is 16.8. The monoisotopic (exact) mass is 321 g/mol. The van der Waals surface area contributed by atoms with E-state index in [0.717, 1.165) is 31.6 Å². The van der Waals surface area contributed by atoms with Crippen LogP contribution in [0.5, 0.6) is 0 Å². The van der Waals surface area contributed by atoms with Crippen molar-refractivity contribution in [3.8, 4) is 0 Å². The zero-order valence-corrected chi connectivity index (χ0v) is 13.3. The SMILES string of the molecule is C[C@H](CCO)NC(=O)c1cc([N+](=O)[O-])ccc1N1CCCCC1. The first-order valence-corrected chi connectivity index (χ1v) is 7.98. The van der Waals surface area contributed by atoms with Crippen LogP contribution in [0, 0.1) is 10.1 Å². The number of piperidine rings is 1. The van der Waals surface area contributed by atoms with Gasteiger partial charge >= 0.3 is 0 Å². The molecule has 1 saturated heterocycles. The number of nitro benzene ring substituents is 1. The lowest BCUT2D eigenvalue weighted by molar-refractivity contribution is -0.384. The summed E-state index contributed by atoms with van der Waals surface area (Å²) in [6, 6.07) is 4.25. The fourth-order valence-corrected chi connectivity index (χ4v) is 2.80. The molecule has 1 aromatic carbocycles. The van der Waals surface area contributed by atoms with Gasteiger partial charge in [-0.05, 0) is 38.7 Å². The topological polar surface area (TPSA) is 95.7 Å². The Morgan fingerprint density at radius 2 is 2.09 bits per heavy atom. The van der Waals surface area contributed by atoms with E-state index in [9.17, 15) is 14.9 Å². The van der Waals surface area contributed by atoms with Gasteiger partial charge in [0.25, 0.3) is 11.6 Å². The van der Waals surface area contributed by atoms with Crippen LogP contribution in [-0.2, 0) is 0 Å². The quantitative estimate of drug-likeness (QED) is 0.618. The molecule has 7 heteroatoms. The predicted molar refractivity (Wildman–Crippen MR) is 87.8 cm³/mol. The molecular formula is C16H23N3O4. The third-order valence-electron chi connectivity index (χ3n) is 4.07. The van der Waals surface area contributed by atoms with E-state index in [2.05, 4.69) is 10.2 Å². The molecule has 1 atom stereocenters. The minimum Gasteiger partial charge on any atom is -0.396 e. The maximum absolute atomic E-state index is 12.5. The Kier molecular flexibility index (Phi) is 5.92. The number of rotatable bonds is 6. The van der Waals surface area contributed by atoms with E-state index in [-0.39, 0.29) is 24.2 Å². The second-order valence-electron chi connectivity index (χ2n) is 5.89. The first-order valence-electron chi connectivity index (χ1n) is 7.98. The molecule has 1 amide bonds. The van der Waals surface area contributed by atoms with Gasteiger partial charge in [0.05, 0.1) is 16.2 Å². The highest BCUT2D eigenvalue weighted by molar-refractivity contribution is 6.00. The average Bonchev–Trinajstić information content (AvgIpc) is 2.55. The van der Waals surface area contributed by atoms with Crippen LogP contribution in [0.15, 0.2) is 18.2 Å². The number of carbonyl (C=O) groups is 1. The van der Waals surface area contributed by atoms with Gasteiger partial charge in [0.2, 0.25) is 0 Å². The second-order valence-corrected chi connectivity index (χ2v) is 5.89. The van der Waals surface area contributed by atoms with Crippen LogP contribution < -0.4 is 10.2 Å². The maximum Gasteiger partial charge on any atom is 0.270 e. The standard InChI is InChI=1S/C16H23N3O4/c1-12(7-10-20)17-16(21)14-11-13(19(22)23)5-6-15(14)18-8-3-2-4-9-18/h5-6,11-12,20H,2-4,7-10H2,1H3,(H,17,21)/t12-/m1/s1. The van der Waals surface area contributed by atoms with Gasteiger partial charge in [-0.25, -0.2) is 0 Å². The Hall–Kier alpha value is -2.15. The van der Waals surface area contributed by atoms with Crippen LogP contribution in [0.4, 0.5) is 11.4 Å². The lowest BCUT2D eigenvalue weighted by Gasteiger charge is -2.30. The number of nitro groups is 1. The summed E-state index contributed by atoms with van der Waals surface area (Å²) in [6.07, 6.45) is 3.72. The number of aliphatic hydroxyl groups excluding tert-OH is 1. The van der Waals surface area contributed by atoms with Crippen molar-refractivity contribution in [3.63, 3.8) is 0 Å². The summed E-state index contributed by atoms with van der Waals surface area (Å²) in [5.41, 5.74) is 0.973. The number of benzene rings is 1. The van der Waals surface area contributed by atoms with Gasteiger partial charge in [-0.2, -0.15) is 0 Å². The molecule has 1 heterocycles. The van der Waals surface area contributed by atoms with E-state index in [1.54, 1.807) is 13.0 Å². The van der Waals surface area contributed by atoms with Crippen LogP contribution in [0.1, 0.15) is 43.0 Å². The minimum atomic E-state index is -0.492. The highest BCUT2D eigenvalue weighted by atomic mass is 16.6. The molecule has 0 spiro atoms. The number of hydrogen-bond donors (Lipinski definition) is 2. The number of anilines is 1. The lowest BCUT2D eigenvalue weighted by Crippen LogP contribution is -2.36. The summed E-state index contributed by atoms with van der Waals surface area (Å²) in [5, 5.41) is 22.8. The molecule has 0 aliphatic carbocycles. The molecule has 0 aromatic heterocycles. The van der Waals surface area contributed by atoms with E-state index in [4.69, 9.17) is 5.11 Å². The summed E-state index contributed by atoms with van der Waals surface area (Å²) in [7, 11) is 0. The van der Waals surface area contributed by atoms with Crippen molar-refractivity contribution >= 4 is 17.3 Å². The number of hydrogen-bond acceptors (Lipinski definition) is 5. The number of carbonyl (C=O) groups excluding carboxylic acids is 1. The van der Waals surface area contributed by atoms with Gasteiger partial charge in [-0.15, -0.1) is 0 Å². The van der Waals surface area contributed by atoms with Crippen LogP contribution in [-0.4, -0.2) is 41.7 Å². The largest absolute Gasteiger partial charge is 0.396 e. The van der Waals surface area contributed by atoms with Crippen LogP contribution in [0.25, 0.3) is 0 Å². The van der Waals surface area contributed by atoms with Crippen molar-refractivity contribution in [3.05, 3.63) is 33.9 Å². The highest BCUT2D eigenvalue weighted by Crippen LogP contribution is 2.28. The molecule has 0 saturated carbocycles. The first-order chi connectivity index (χ1) is 11.0. The summed E-state index contributed by atoms with van der Waals surface area (Å²) < 4.78 is 0. The number of amides is 1. The molecule has 1 aliphatic rings. The Bertz CT molecular complexity index is 570. The molecule has 2 N–H and O–H groups in total. The van der Waals surface area contributed by atoms with Crippen molar-refractivity contribution in [1.29, 1.82) is 0 Å². The van der Waals surface area contributed by atoms with Crippen LogP contribution in [0.2, 0.25) is 0 Å². The molecule has 0 unspecified atom stereocenters. The lowest BCUT2D eigenvalue weighted by atomic mass is 10.1. The van der Waals surface area contributed by atoms with E-state index in [1.165, 1.54) is 18.6 Å². The zero-order valence-electron chi connectivity index (χ0n) is 13.3. The third kappa shape index (κ3) is 4.41. The fraction of sp³-hybridized carbons (Fsp3) is 0.562. The predicted octanol–water partition coefficient (Wildman–Crippen LogP) is 2.09. The third-order valence-corrected chi connectivity index (χ3v) is 4.07. The van der Waals surface area contributed by atoms with Gasteiger partial charge < -0.3 is 15.3 Å². The molecule has 0 bridgehead atoms. The van der Waals surface area contributed by atoms with E-state index >= 15 is 0 Å². The molecule has 2 rings (SSSR count). The summed E-state index contributed by atoms with van der Waals surface area (Å²) >= 11 is 0. The molecule has 1 fully saturated rings. The Morgan fingerprint density at radius 1 is 1.39 bits per heavy atom. The van der Waals surface area contributed by atoms with Crippen molar-refractivity contribution in [2.75, 3.05) is 24.6 Å². The molecule has 1 aliphatic heterocycles. The Labute approximate surface area is 135 Å². The maximum atomic E-state index is 12.5. The van der Waals surface area contributed by atoms with E-state index in [0.29, 0.717) is 12.0 Å². The van der Waals surface area contributed by atoms with E-state index in [1.807, 2.05) is 0 Å². The number of nitrogens with one attached hydrogen (secondary N) is 1. The molecular weight excluding hydrogens is 298 g/mol. The normalized spacial score (nSPS) is 16.0. The van der Waals surface area contributed by atoms with Gasteiger partial charge in [-0.1, -0.05) is 0 Å². The van der Waals surface area contributed by atoms with Crippen molar-refractivity contribution in [2.24, 2.45) is 0 Å². The minimum absolute atomic E-state index is 0.0185. The number of nitrogens with zero attached hydrogens (tertiary/aromatic N) is 2. The first kappa shape index (κ1) is 17.2. The number of non-ortho nitro benzene ring substituents is 1. The van der Waals surface area contributed by atoms with Crippen LogP contribution in [0.3, 0.4) is 0 Å². The van der Waals surface area contributed by atoms with Gasteiger partial charge in [-0.3, -0.25) is 14.9 Å². The average molecular weight is 321 g/mol. The van der Waals surface area contributed by atoms with Crippen molar-refractivity contribution in [2.45, 2.75) is 38.6 Å². The molecule has 126 valence electrons. The fourth-order valence-electron chi connectivity index (χ4n) is 2.80.